The molecule has 0 amide bonds. The van der Waals surface area contributed by atoms with Gasteiger partial charge in [-0.25, -0.2) is 0 Å². The maximum Gasteiger partial charge on any atom is 0.0642 e. The van der Waals surface area contributed by atoms with E-state index < -0.39 is 0 Å². The summed E-state index contributed by atoms with van der Waals surface area (Å²) in [5.74, 6) is 0.666. The van der Waals surface area contributed by atoms with Crippen LogP contribution in [-0.2, 0) is 5.33 Å². The van der Waals surface area contributed by atoms with Gasteiger partial charge in [-0.3, -0.25) is 0 Å². The van der Waals surface area contributed by atoms with Gasteiger partial charge in [0.2, 0.25) is 0 Å². The second-order valence-electron chi connectivity index (χ2n) is 5.29. The molecular formula is C14H20BrClN2. The van der Waals surface area contributed by atoms with Crippen molar-refractivity contribution >= 4 is 33.2 Å². The van der Waals surface area contributed by atoms with Gasteiger partial charge in [-0.2, -0.15) is 0 Å². The lowest BCUT2D eigenvalue weighted by Crippen LogP contribution is -2.34. The average Bonchev–Trinajstić information content (AvgIpc) is 2.70. The molecule has 2 atom stereocenters. The quantitative estimate of drug-likeness (QED) is 0.781. The zero-order valence-electron chi connectivity index (χ0n) is 11.2. The minimum Gasteiger partial charge on any atom is -0.368 e. The number of likely N-dealkylation sites (N-methyl/N-ethyl adjacent to an activating group) is 1. The molecule has 18 heavy (non-hydrogen) atoms. The van der Waals surface area contributed by atoms with Gasteiger partial charge in [-0.15, -0.1) is 0 Å². The molecule has 1 aromatic rings. The van der Waals surface area contributed by atoms with E-state index >= 15 is 0 Å². The minimum atomic E-state index is 0.601. The van der Waals surface area contributed by atoms with Crippen molar-refractivity contribution in [3.05, 3.63) is 28.8 Å². The SMILES string of the molecule is CC1CN(c2c(Cl)cccc2CBr)CC1N(C)C. The molecule has 0 N–H and O–H groups in total. The van der Waals surface area contributed by atoms with E-state index in [9.17, 15) is 0 Å². The average molecular weight is 332 g/mol. The molecule has 0 bridgehead atoms. The fourth-order valence-corrected chi connectivity index (χ4v) is 3.59. The van der Waals surface area contributed by atoms with Crippen LogP contribution in [0.1, 0.15) is 12.5 Å². The number of hydrogen-bond donors (Lipinski definition) is 0. The number of nitrogens with zero attached hydrogens (tertiary/aromatic N) is 2. The highest BCUT2D eigenvalue weighted by atomic mass is 79.9. The van der Waals surface area contributed by atoms with E-state index in [0.29, 0.717) is 12.0 Å². The molecule has 0 radical (unpaired) electrons. The Labute approximate surface area is 123 Å². The van der Waals surface area contributed by atoms with Crippen LogP contribution >= 0.6 is 27.5 Å². The Morgan fingerprint density at radius 1 is 1.39 bits per heavy atom. The predicted octanol–water partition coefficient (Wildman–Crippen LogP) is 3.62. The van der Waals surface area contributed by atoms with Crippen LogP contribution in [-0.4, -0.2) is 38.1 Å². The van der Waals surface area contributed by atoms with Crippen molar-refractivity contribution in [1.29, 1.82) is 0 Å². The molecule has 0 aromatic heterocycles. The summed E-state index contributed by atoms with van der Waals surface area (Å²) in [5.41, 5.74) is 2.47. The number of halogens is 2. The first-order chi connectivity index (χ1) is 8.54. The molecule has 1 saturated heterocycles. The lowest BCUT2D eigenvalue weighted by atomic mass is 10.1. The van der Waals surface area contributed by atoms with E-state index in [4.69, 9.17) is 11.6 Å². The molecule has 1 heterocycles. The summed E-state index contributed by atoms with van der Waals surface area (Å²) in [6, 6.07) is 6.75. The molecule has 1 aromatic carbocycles. The van der Waals surface area contributed by atoms with Gasteiger partial charge in [0.15, 0.2) is 0 Å². The second-order valence-corrected chi connectivity index (χ2v) is 6.26. The Bertz CT molecular complexity index is 422. The molecule has 0 spiro atoms. The van der Waals surface area contributed by atoms with Crippen molar-refractivity contribution in [3.63, 3.8) is 0 Å². The zero-order chi connectivity index (χ0) is 13.3. The van der Waals surface area contributed by atoms with Crippen LogP contribution in [0.3, 0.4) is 0 Å². The van der Waals surface area contributed by atoms with Crippen molar-refractivity contribution in [2.75, 3.05) is 32.1 Å². The lowest BCUT2D eigenvalue weighted by Gasteiger charge is -2.24. The fraction of sp³-hybridized carbons (Fsp3) is 0.571. The van der Waals surface area contributed by atoms with Crippen molar-refractivity contribution in [3.8, 4) is 0 Å². The third-order valence-electron chi connectivity index (χ3n) is 3.77. The van der Waals surface area contributed by atoms with E-state index in [0.717, 1.165) is 23.4 Å². The topological polar surface area (TPSA) is 6.48 Å². The number of benzene rings is 1. The summed E-state index contributed by atoms with van der Waals surface area (Å²) < 4.78 is 0. The van der Waals surface area contributed by atoms with Crippen molar-refractivity contribution in [2.24, 2.45) is 5.92 Å². The normalized spacial score (nSPS) is 24.0. The molecule has 2 unspecified atom stereocenters. The van der Waals surface area contributed by atoms with Crippen molar-refractivity contribution in [1.82, 2.24) is 4.90 Å². The molecule has 1 aliphatic heterocycles. The molecule has 0 saturated carbocycles. The van der Waals surface area contributed by atoms with Crippen LogP contribution in [0.5, 0.6) is 0 Å². The summed E-state index contributed by atoms with van der Waals surface area (Å²) in [5, 5.41) is 1.71. The summed E-state index contributed by atoms with van der Waals surface area (Å²) in [6.45, 7) is 4.44. The van der Waals surface area contributed by atoms with Crippen molar-refractivity contribution in [2.45, 2.75) is 18.3 Å². The Kier molecular flexibility index (Phi) is 4.57. The van der Waals surface area contributed by atoms with Gasteiger partial charge in [-0.1, -0.05) is 46.6 Å². The highest BCUT2D eigenvalue weighted by Crippen LogP contribution is 2.35. The molecular weight excluding hydrogens is 312 g/mol. The van der Waals surface area contributed by atoms with Gasteiger partial charge in [0.25, 0.3) is 0 Å². The van der Waals surface area contributed by atoms with Gasteiger partial charge in [0.05, 0.1) is 10.7 Å². The third-order valence-corrected chi connectivity index (χ3v) is 4.68. The molecule has 1 aliphatic rings. The molecule has 2 rings (SSSR count). The smallest absolute Gasteiger partial charge is 0.0642 e. The fourth-order valence-electron chi connectivity index (χ4n) is 2.83. The third kappa shape index (κ3) is 2.68. The van der Waals surface area contributed by atoms with Gasteiger partial charge in [0, 0.05) is 24.5 Å². The van der Waals surface area contributed by atoms with Gasteiger partial charge >= 0.3 is 0 Å². The highest BCUT2D eigenvalue weighted by molar-refractivity contribution is 9.08. The number of para-hydroxylation sites is 1. The van der Waals surface area contributed by atoms with Gasteiger partial charge < -0.3 is 9.80 Å². The Hall–Kier alpha value is -0.250. The summed E-state index contributed by atoms with van der Waals surface area (Å²) >= 11 is 9.94. The second kappa shape index (κ2) is 5.81. The van der Waals surface area contributed by atoms with Gasteiger partial charge in [-0.05, 0) is 31.6 Å². The Morgan fingerprint density at radius 2 is 2.11 bits per heavy atom. The molecule has 4 heteroatoms. The first kappa shape index (κ1) is 14.2. The molecule has 1 fully saturated rings. The maximum atomic E-state index is 6.39. The van der Waals surface area contributed by atoms with Crippen LogP contribution < -0.4 is 4.90 Å². The monoisotopic (exact) mass is 330 g/mol. The first-order valence-electron chi connectivity index (χ1n) is 6.29. The van der Waals surface area contributed by atoms with Crippen LogP contribution in [0, 0.1) is 5.92 Å². The number of alkyl halides is 1. The zero-order valence-corrected chi connectivity index (χ0v) is 13.5. The van der Waals surface area contributed by atoms with Crippen molar-refractivity contribution < 1.29 is 0 Å². The van der Waals surface area contributed by atoms with E-state index in [1.165, 1.54) is 11.3 Å². The molecule has 0 aliphatic carbocycles. The Balaban J connectivity index is 2.29. The molecule has 100 valence electrons. The van der Waals surface area contributed by atoms with E-state index in [-0.39, 0.29) is 0 Å². The minimum absolute atomic E-state index is 0.601. The van der Waals surface area contributed by atoms with Crippen LogP contribution in [0.15, 0.2) is 18.2 Å². The largest absolute Gasteiger partial charge is 0.368 e. The number of anilines is 1. The lowest BCUT2D eigenvalue weighted by molar-refractivity contribution is 0.266. The Morgan fingerprint density at radius 3 is 2.67 bits per heavy atom. The van der Waals surface area contributed by atoms with Crippen LogP contribution in [0.2, 0.25) is 5.02 Å². The van der Waals surface area contributed by atoms with E-state index in [1.54, 1.807) is 0 Å². The van der Waals surface area contributed by atoms with Gasteiger partial charge in [0.1, 0.15) is 0 Å². The van der Waals surface area contributed by atoms with E-state index in [2.05, 4.69) is 52.8 Å². The number of hydrogen-bond acceptors (Lipinski definition) is 2. The summed E-state index contributed by atoms with van der Waals surface area (Å²) in [4.78, 5) is 4.74. The standard InChI is InChI=1S/C14H20BrClN2/c1-10-8-18(9-13(10)17(2)3)14-11(7-15)5-4-6-12(14)16/h4-6,10,13H,7-9H2,1-3H3. The molecule has 2 nitrogen and oxygen atoms in total. The predicted molar refractivity (Wildman–Crippen MR) is 82.9 cm³/mol. The summed E-state index contributed by atoms with van der Waals surface area (Å²) in [6.07, 6.45) is 0. The van der Waals surface area contributed by atoms with Crippen LogP contribution in [0.25, 0.3) is 0 Å². The first-order valence-corrected chi connectivity index (χ1v) is 7.79. The van der Waals surface area contributed by atoms with E-state index in [1.807, 2.05) is 12.1 Å². The summed E-state index contributed by atoms with van der Waals surface area (Å²) in [7, 11) is 4.31. The maximum absolute atomic E-state index is 6.39. The number of rotatable bonds is 3. The van der Waals surface area contributed by atoms with Crippen LogP contribution in [0.4, 0.5) is 5.69 Å². The highest BCUT2D eigenvalue weighted by Gasteiger charge is 2.32.